The van der Waals surface area contributed by atoms with Gasteiger partial charge >= 0.3 is 0 Å². The number of anilines is 1. The lowest BCUT2D eigenvalue weighted by Crippen LogP contribution is -2.20. The molecule has 0 aliphatic heterocycles. The lowest BCUT2D eigenvalue weighted by Gasteiger charge is -2.12. The number of carbonyl (C=O) groups excluding carboxylic acids is 1. The van der Waals surface area contributed by atoms with Crippen LogP contribution in [0.1, 0.15) is 5.56 Å². The van der Waals surface area contributed by atoms with Crippen LogP contribution in [0.2, 0.25) is 0 Å². The molecule has 37 heavy (non-hydrogen) atoms. The second-order valence-electron chi connectivity index (χ2n) is 8.11. The van der Waals surface area contributed by atoms with Gasteiger partial charge in [-0.25, -0.2) is 5.43 Å². The van der Waals surface area contributed by atoms with E-state index in [0.717, 1.165) is 22.5 Å². The lowest BCUT2D eigenvalue weighted by atomic mass is 10.2. The highest BCUT2D eigenvalue weighted by Crippen LogP contribution is 2.34. The minimum Gasteiger partial charge on any atom is -0.493 e. The molecule has 1 aromatic heterocycles. The molecule has 0 bridgehead atoms. The van der Waals surface area contributed by atoms with E-state index in [0.29, 0.717) is 22.5 Å². The third-order valence-electron chi connectivity index (χ3n) is 5.43. The molecule has 4 aromatic rings. The average molecular weight is 517 g/mol. The van der Waals surface area contributed by atoms with Gasteiger partial charge in [0, 0.05) is 31.0 Å². The zero-order chi connectivity index (χ0) is 26.2. The predicted octanol–water partition coefficient (Wildman–Crippen LogP) is 4.26. The number of hydrogen-bond acceptors (Lipinski definition) is 8. The number of hydrogen-bond donors (Lipinski definition) is 1. The van der Waals surface area contributed by atoms with Gasteiger partial charge in [-0.05, 0) is 48.0 Å². The van der Waals surface area contributed by atoms with E-state index in [1.807, 2.05) is 96.4 Å². The zero-order valence-corrected chi connectivity index (χ0v) is 21.9. The number of nitrogens with zero attached hydrogens (tertiary/aromatic N) is 5. The lowest BCUT2D eigenvalue weighted by molar-refractivity contribution is -0.118. The van der Waals surface area contributed by atoms with Gasteiger partial charge in [0.25, 0.3) is 5.91 Å². The summed E-state index contributed by atoms with van der Waals surface area (Å²) in [5.41, 5.74) is 6.23. The summed E-state index contributed by atoms with van der Waals surface area (Å²) in [4.78, 5) is 14.5. The topological polar surface area (TPSA) is 93.9 Å². The summed E-state index contributed by atoms with van der Waals surface area (Å²) in [6.45, 7) is 0. The molecule has 9 nitrogen and oxygen atoms in total. The fourth-order valence-corrected chi connectivity index (χ4v) is 4.28. The molecule has 1 N–H and O–H groups in total. The fourth-order valence-electron chi connectivity index (χ4n) is 3.54. The molecule has 0 saturated carbocycles. The number of hydrazone groups is 1. The van der Waals surface area contributed by atoms with Crippen LogP contribution in [0.3, 0.4) is 0 Å². The highest BCUT2D eigenvalue weighted by molar-refractivity contribution is 7.99. The van der Waals surface area contributed by atoms with E-state index in [9.17, 15) is 4.79 Å². The molecule has 0 fully saturated rings. The second-order valence-corrected chi connectivity index (χ2v) is 9.06. The van der Waals surface area contributed by atoms with Gasteiger partial charge in [-0.1, -0.05) is 42.1 Å². The van der Waals surface area contributed by atoms with Crippen LogP contribution in [0.15, 0.2) is 83.1 Å². The molecule has 0 saturated heterocycles. The summed E-state index contributed by atoms with van der Waals surface area (Å²) in [7, 11) is 7.15. The van der Waals surface area contributed by atoms with Crippen molar-refractivity contribution < 1.29 is 14.3 Å². The van der Waals surface area contributed by atoms with Crippen LogP contribution in [0, 0.1) is 0 Å². The van der Waals surface area contributed by atoms with E-state index in [1.165, 1.54) is 11.8 Å². The Morgan fingerprint density at radius 3 is 2.41 bits per heavy atom. The van der Waals surface area contributed by atoms with Crippen molar-refractivity contribution >= 4 is 29.6 Å². The minimum atomic E-state index is -0.249. The molecule has 0 unspecified atom stereocenters. The molecule has 10 heteroatoms. The highest BCUT2D eigenvalue weighted by atomic mass is 32.2. The maximum absolute atomic E-state index is 12.5. The third kappa shape index (κ3) is 6.28. The Balaban J connectivity index is 1.50. The number of rotatable bonds is 10. The monoisotopic (exact) mass is 516 g/mol. The van der Waals surface area contributed by atoms with Crippen molar-refractivity contribution in [2.75, 3.05) is 39.0 Å². The molecule has 0 atom stereocenters. The van der Waals surface area contributed by atoms with Crippen LogP contribution in [0.4, 0.5) is 5.69 Å². The van der Waals surface area contributed by atoms with Crippen LogP contribution in [0.5, 0.6) is 11.5 Å². The Morgan fingerprint density at radius 2 is 1.73 bits per heavy atom. The maximum atomic E-state index is 12.5. The molecule has 3 aromatic carbocycles. The minimum absolute atomic E-state index is 0.119. The number of carbonyl (C=O) groups is 1. The van der Waals surface area contributed by atoms with E-state index in [-0.39, 0.29) is 11.7 Å². The summed E-state index contributed by atoms with van der Waals surface area (Å²) in [5.74, 6) is 1.70. The number of amides is 1. The van der Waals surface area contributed by atoms with Crippen molar-refractivity contribution in [2.24, 2.45) is 5.10 Å². The number of thioether (sulfide) groups is 1. The van der Waals surface area contributed by atoms with Crippen LogP contribution in [-0.2, 0) is 4.79 Å². The molecule has 1 heterocycles. The van der Waals surface area contributed by atoms with Crippen molar-refractivity contribution in [1.29, 1.82) is 0 Å². The molecule has 190 valence electrons. The van der Waals surface area contributed by atoms with Crippen molar-refractivity contribution in [3.63, 3.8) is 0 Å². The number of benzene rings is 3. The van der Waals surface area contributed by atoms with Crippen LogP contribution in [-0.4, -0.2) is 61.0 Å². The number of nitrogens with one attached hydrogen (secondary N) is 1. The van der Waals surface area contributed by atoms with Gasteiger partial charge in [-0.15, -0.1) is 10.2 Å². The first-order chi connectivity index (χ1) is 18.0. The zero-order valence-electron chi connectivity index (χ0n) is 21.1. The summed E-state index contributed by atoms with van der Waals surface area (Å²) in [6, 6.07) is 23.2. The normalized spacial score (nSPS) is 10.9. The fraction of sp³-hybridized carbons (Fsp3) is 0.185. The quantitative estimate of drug-likeness (QED) is 0.191. The molecule has 4 rings (SSSR count). The van der Waals surface area contributed by atoms with Crippen molar-refractivity contribution in [3.05, 3.63) is 78.4 Å². The summed E-state index contributed by atoms with van der Waals surface area (Å²) in [6.07, 6.45) is 1.61. The Hall–Kier alpha value is -4.31. The summed E-state index contributed by atoms with van der Waals surface area (Å²) in [5, 5.41) is 13.4. The molecule has 0 aliphatic carbocycles. The maximum Gasteiger partial charge on any atom is 0.250 e. The van der Waals surface area contributed by atoms with Gasteiger partial charge in [0.05, 0.1) is 26.2 Å². The molecule has 0 spiro atoms. The van der Waals surface area contributed by atoms with Gasteiger partial charge in [0.1, 0.15) is 0 Å². The van der Waals surface area contributed by atoms with E-state index < -0.39 is 0 Å². The molecule has 1 amide bonds. The van der Waals surface area contributed by atoms with Gasteiger partial charge in [-0.2, -0.15) is 5.10 Å². The average Bonchev–Trinajstić information content (AvgIpc) is 3.36. The molecule has 0 aliphatic rings. The third-order valence-corrected chi connectivity index (χ3v) is 6.36. The highest BCUT2D eigenvalue weighted by Gasteiger charge is 2.18. The SMILES string of the molecule is COc1ccc(-c2nnc(SCC(=O)N/N=C\c3ccc(N(C)C)cc3)n2-c2ccccc2)cc1OC. The van der Waals surface area contributed by atoms with Gasteiger partial charge in [-0.3, -0.25) is 9.36 Å². The van der Waals surface area contributed by atoms with Gasteiger partial charge in [0.15, 0.2) is 22.5 Å². The van der Waals surface area contributed by atoms with Crippen molar-refractivity contribution in [2.45, 2.75) is 5.16 Å². The Morgan fingerprint density at radius 1 is 1.00 bits per heavy atom. The summed E-state index contributed by atoms with van der Waals surface area (Å²) >= 11 is 1.28. The molecular weight excluding hydrogens is 488 g/mol. The van der Waals surface area contributed by atoms with E-state index in [4.69, 9.17) is 9.47 Å². The number of aromatic nitrogens is 3. The molecule has 0 radical (unpaired) electrons. The second kappa shape index (κ2) is 12.1. The first-order valence-electron chi connectivity index (χ1n) is 11.5. The Bertz CT molecular complexity index is 1370. The smallest absolute Gasteiger partial charge is 0.250 e. The number of methoxy groups -OCH3 is 2. The summed E-state index contributed by atoms with van der Waals surface area (Å²) < 4.78 is 12.7. The van der Waals surface area contributed by atoms with Gasteiger partial charge < -0.3 is 14.4 Å². The van der Waals surface area contributed by atoms with E-state index in [1.54, 1.807) is 20.4 Å². The number of para-hydroxylation sites is 1. The van der Waals surface area contributed by atoms with Crippen molar-refractivity contribution in [1.82, 2.24) is 20.2 Å². The first-order valence-corrected chi connectivity index (χ1v) is 12.4. The van der Waals surface area contributed by atoms with E-state index >= 15 is 0 Å². The Labute approximate surface area is 220 Å². The van der Waals surface area contributed by atoms with Crippen LogP contribution >= 0.6 is 11.8 Å². The van der Waals surface area contributed by atoms with Gasteiger partial charge in [0.2, 0.25) is 0 Å². The standard InChI is InChI=1S/C27H28N6O3S/c1-32(2)21-13-10-19(11-14-21)17-28-29-25(34)18-37-27-31-30-26(33(27)22-8-6-5-7-9-22)20-12-15-23(35-3)24(16-20)36-4/h5-17H,18H2,1-4H3,(H,29,34)/b28-17-. The first kappa shape index (κ1) is 25.8. The largest absolute Gasteiger partial charge is 0.493 e. The van der Waals surface area contributed by atoms with E-state index in [2.05, 4.69) is 20.7 Å². The van der Waals surface area contributed by atoms with Crippen LogP contribution < -0.4 is 19.8 Å². The predicted molar refractivity (Wildman–Crippen MR) is 147 cm³/mol. The van der Waals surface area contributed by atoms with Crippen molar-refractivity contribution in [3.8, 4) is 28.6 Å². The Kier molecular flexibility index (Phi) is 8.42. The van der Waals surface area contributed by atoms with Crippen LogP contribution in [0.25, 0.3) is 17.1 Å². The number of ether oxygens (including phenoxy) is 2. The molecular formula is C27H28N6O3S.